The molecule has 0 aliphatic heterocycles. The highest BCUT2D eigenvalue weighted by atomic mass is 32.2. The van der Waals surface area contributed by atoms with Crippen LogP contribution < -0.4 is 10.9 Å². The summed E-state index contributed by atoms with van der Waals surface area (Å²) in [5, 5.41) is 3.23. The van der Waals surface area contributed by atoms with E-state index in [2.05, 4.69) is 10.3 Å². The summed E-state index contributed by atoms with van der Waals surface area (Å²) in [6.45, 7) is 0.315. The van der Waals surface area contributed by atoms with E-state index in [-0.39, 0.29) is 17.2 Å². The molecule has 0 atom stereocenters. The summed E-state index contributed by atoms with van der Waals surface area (Å²) < 4.78 is 9.48. The third-order valence-corrected chi connectivity index (χ3v) is 6.54. The quantitative estimate of drug-likeness (QED) is 0.278. The van der Waals surface area contributed by atoms with Crippen LogP contribution in [-0.2, 0) is 18.4 Å². The summed E-state index contributed by atoms with van der Waals surface area (Å²) in [7, 11) is 1.65. The molecule has 1 amide bonds. The highest BCUT2D eigenvalue weighted by molar-refractivity contribution is 7.99. The molecule has 10 heteroatoms. The molecule has 29 heavy (non-hydrogen) atoms. The van der Waals surface area contributed by atoms with E-state index in [1.54, 1.807) is 30.0 Å². The van der Waals surface area contributed by atoms with Crippen molar-refractivity contribution in [1.82, 2.24) is 19.4 Å². The van der Waals surface area contributed by atoms with Crippen molar-refractivity contribution >= 4 is 51.6 Å². The van der Waals surface area contributed by atoms with Gasteiger partial charge in [-0.1, -0.05) is 41.3 Å². The lowest BCUT2D eigenvalue weighted by atomic mass is 10.3. The Morgan fingerprint density at radius 3 is 2.79 bits per heavy atom. The number of fused-ring (bicyclic) bond motifs is 1. The Hall–Kier alpha value is -2.69. The predicted octanol–water partition coefficient (Wildman–Crippen LogP) is 3.52. The molecule has 0 aliphatic carbocycles. The molecule has 148 valence electrons. The van der Waals surface area contributed by atoms with Gasteiger partial charge in [-0.25, -0.2) is 4.98 Å². The number of carbonyl (C=O) groups is 1. The molecule has 7 nitrogen and oxygen atoms in total. The second-order valence-electron chi connectivity index (χ2n) is 6.09. The summed E-state index contributed by atoms with van der Waals surface area (Å²) in [4.78, 5) is 29.6. The number of thiazole rings is 1. The van der Waals surface area contributed by atoms with Crippen LogP contribution in [0.25, 0.3) is 16.0 Å². The standard InChI is InChI=1S/C19H16N4O3S3/c1-22-17(25)15-16(23(19(27)29-15)12-6-3-2-4-7-12)21-18(22)28-11-14(24)20-10-13-8-5-9-26-13/h2-9H,10-11H2,1H3,(H,20,24). The highest BCUT2D eigenvalue weighted by Gasteiger charge is 2.17. The Morgan fingerprint density at radius 1 is 1.28 bits per heavy atom. The van der Waals surface area contributed by atoms with Crippen LogP contribution in [-0.4, -0.2) is 25.8 Å². The number of thioether (sulfide) groups is 1. The summed E-state index contributed by atoms with van der Waals surface area (Å²) in [6.07, 6.45) is 1.56. The second kappa shape index (κ2) is 8.36. The molecular formula is C19H16N4O3S3. The lowest BCUT2D eigenvalue weighted by Crippen LogP contribution is -2.25. The van der Waals surface area contributed by atoms with Gasteiger partial charge < -0.3 is 9.73 Å². The molecule has 0 saturated carbocycles. The van der Waals surface area contributed by atoms with Crippen molar-refractivity contribution in [3.05, 3.63) is 68.8 Å². The van der Waals surface area contributed by atoms with Crippen LogP contribution in [0.4, 0.5) is 0 Å². The van der Waals surface area contributed by atoms with E-state index in [0.717, 1.165) is 5.69 Å². The molecule has 1 aromatic carbocycles. The smallest absolute Gasteiger partial charge is 0.273 e. The molecule has 0 fully saturated rings. The van der Waals surface area contributed by atoms with E-state index in [1.807, 2.05) is 30.3 Å². The van der Waals surface area contributed by atoms with Crippen molar-refractivity contribution in [2.24, 2.45) is 7.05 Å². The molecule has 4 aromatic rings. The topological polar surface area (TPSA) is 82.1 Å². The number of furan rings is 1. The van der Waals surface area contributed by atoms with E-state index < -0.39 is 0 Å². The fourth-order valence-electron chi connectivity index (χ4n) is 2.73. The van der Waals surface area contributed by atoms with Gasteiger partial charge in [-0.2, -0.15) is 0 Å². The molecule has 0 radical (unpaired) electrons. The average molecular weight is 445 g/mol. The Morgan fingerprint density at radius 2 is 2.07 bits per heavy atom. The first-order valence-electron chi connectivity index (χ1n) is 8.64. The number of rotatable bonds is 6. The van der Waals surface area contributed by atoms with Crippen molar-refractivity contribution in [2.75, 3.05) is 5.75 Å². The number of nitrogens with zero attached hydrogens (tertiary/aromatic N) is 3. The molecule has 0 saturated heterocycles. The molecule has 0 aliphatic rings. The van der Waals surface area contributed by atoms with Crippen LogP contribution >= 0.6 is 35.3 Å². The minimum Gasteiger partial charge on any atom is -0.467 e. The van der Waals surface area contributed by atoms with Gasteiger partial charge >= 0.3 is 0 Å². The fraction of sp³-hybridized carbons (Fsp3) is 0.158. The normalized spacial score (nSPS) is 11.1. The summed E-state index contributed by atoms with van der Waals surface area (Å²) in [5.74, 6) is 0.629. The van der Waals surface area contributed by atoms with Crippen LogP contribution in [0.5, 0.6) is 0 Å². The van der Waals surface area contributed by atoms with Crippen LogP contribution in [0, 0.1) is 3.95 Å². The number of nitrogens with one attached hydrogen (secondary N) is 1. The van der Waals surface area contributed by atoms with Crippen molar-refractivity contribution < 1.29 is 9.21 Å². The van der Waals surface area contributed by atoms with E-state index in [0.29, 0.717) is 31.8 Å². The maximum atomic E-state index is 12.8. The first-order valence-corrected chi connectivity index (χ1v) is 10.9. The number of carbonyl (C=O) groups excluding carboxylic acids is 1. The van der Waals surface area contributed by atoms with Crippen molar-refractivity contribution in [2.45, 2.75) is 11.7 Å². The fourth-order valence-corrected chi connectivity index (χ4v) is 4.87. The first kappa shape index (κ1) is 19.6. The largest absolute Gasteiger partial charge is 0.467 e. The van der Waals surface area contributed by atoms with Crippen LogP contribution in [0.15, 0.2) is 63.1 Å². The minimum absolute atomic E-state index is 0.128. The van der Waals surface area contributed by atoms with Gasteiger partial charge in [0.1, 0.15) is 10.5 Å². The van der Waals surface area contributed by atoms with Gasteiger partial charge in [0, 0.05) is 12.7 Å². The zero-order valence-corrected chi connectivity index (χ0v) is 17.8. The predicted molar refractivity (Wildman–Crippen MR) is 116 cm³/mol. The molecular weight excluding hydrogens is 428 g/mol. The van der Waals surface area contributed by atoms with Gasteiger partial charge in [-0.05, 0) is 36.5 Å². The van der Waals surface area contributed by atoms with Crippen LogP contribution in [0.3, 0.4) is 0 Å². The van der Waals surface area contributed by atoms with Crippen molar-refractivity contribution in [3.8, 4) is 5.69 Å². The van der Waals surface area contributed by atoms with E-state index in [4.69, 9.17) is 16.6 Å². The van der Waals surface area contributed by atoms with Gasteiger partial charge in [0.05, 0.1) is 18.6 Å². The Labute approximate surface area is 179 Å². The average Bonchev–Trinajstić information content (AvgIpc) is 3.36. The van der Waals surface area contributed by atoms with Gasteiger partial charge in [0.2, 0.25) is 5.91 Å². The zero-order valence-electron chi connectivity index (χ0n) is 15.3. The number of benzene rings is 1. The van der Waals surface area contributed by atoms with Crippen molar-refractivity contribution in [1.29, 1.82) is 0 Å². The van der Waals surface area contributed by atoms with Gasteiger partial charge in [0.25, 0.3) is 5.56 Å². The first-order chi connectivity index (χ1) is 14.0. The number of para-hydroxylation sites is 1. The maximum Gasteiger partial charge on any atom is 0.273 e. The van der Waals surface area contributed by atoms with Crippen LogP contribution in [0.1, 0.15) is 5.76 Å². The van der Waals surface area contributed by atoms with E-state index in [1.165, 1.54) is 27.7 Å². The number of hydrogen-bond donors (Lipinski definition) is 1. The summed E-state index contributed by atoms with van der Waals surface area (Å²) >= 11 is 7.91. The van der Waals surface area contributed by atoms with Gasteiger partial charge in [0.15, 0.2) is 14.8 Å². The Kier molecular flexibility index (Phi) is 5.65. The maximum absolute atomic E-state index is 12.8. The minimum atomic E-state index is -0.181. The molecule has 0 spiro atoms. The van der Waals surface area contributed by atoms with Crippen LogP contribution in [0.2, 0.25) is 0 Å². The molecule has 3 heterocycles. The molecule has 1 N–H and O–H groups in total. The SMILES string of the molecule is Cn1c(SCC(=O)NCc2ccco2)nc2c(sc(=S)n2-c2ccccc2)c1=O. The third-order valence-electron chi connectivity index (χ3n) is 4.16. The monoisotopic (exact) mass is 444 g/mol. The number of aromatic nitrogens is 3. The molecule has 0 bridgehead atoms. The Bertz CT molecular complexity index is 1270. The summed E-state index contributed by atoms with van der Waals surface area (Å²) in [6, 6.07) is 13.1. The van der Waals surface area contributed by atoms with E-state index >= 15 is 0 Å². The lowest BCUT2D eigenvalue weighted by molar-refractivity contribution is -0.118. The number of amides is 1. The second-order valence-corrected chi connectivity index (χ2v) is 8.68. The molecule has 4 rings (SSSR count). The highest BCUT2D eigenvalue weighted by Crippen LogP contribution is 2.25. The zero-order chi connectivity index (χ0) is 20.4. The Balaban J connectivity index is 1.61. The van der Waals surface area contributed by atoms with Gasteiger partial charge in [-0.3, -0.25) is 18.7 Å². The molecule has 0 unspecified atom stereocenters. The molecule has 3 aromatic heterocycles. The third kappa shape index (κ3) is 4.04. The van der Waals surface area contributed by atoms with Crippen molar-refractivity contribution in [3.63, 3.8) is 0 Å². The van der Waals surface area contributed by atoms with E-state index in [9.17, 15) is 9.59 Å². The van der Waals surface area contributed by atoms with Gasteiger partial charge in [-0.15, -0.1) is 0 Å². The lowest BCUT2D eigenvalue weighted by Gasteiger charge is -2.09. The summed E-state index contributed by atoms with van der Waals surface area (Å²) in [5.41, 5.74) is 1.17. The number of hydrogen-bond acceptors (Lipinski definition) is 7.